The van der Waals surface area contributed by atoms with E-state index in [2.05, 4.69) is 10.0 Å². The molecule has 1 fully saturated rings. The second kappa shape index (κ2) is 6.65. The van der Waals surface area contributed by atoms with Crippen LogP contribution in [0.1, 0.15) is 18.4 Å². The van der Waals surface area contributed by atoms with Gasteiger partial charge in [0.25, 0.3) is 0 Å². The highest BCUT2D eigenvalue weighted by atomic mass is 35.5. The Morgan fingerprint density at radius 2 is 2.00 bits per heavy atom. The van der Waals surface area contributed by atoms with Crippen LogP contribution in [0, 0.1) is 12.7 Å². The molecule has 1 aromatic carbocycles. The van der Waals surface area contributed by atoms with E-state index in [1.54, 1.807) is 13.0 Å². The summed E-state index contributed by atoms with van der Waals surface area (Å²) in [4.78, 5) is -0.283. The van der Waals surface area contributed by atoms with E-state index in [4.69, 9.17) is 0 Å². The molecule has 0 amide bonds. The fraction of sp³-hybridized carbons (Fsp3) is 0.500. The number of hydrogen-bond donors (Lipinski definition) is 2. The Morgan fingerprint density at radius 1 is 1.32 bits per heavy atom. The fourth-order valence-electron chi connectivity index (χ4n) is 1.65. The van der Waals surface area contributed by atoms with Crippen molar-refractivity contribution in [2.24, 2.45) is 0 Å². The molecule has 0 heterocycles. The van der Waals surface area contributed by atoms with Gasteiger partial charge in [-0.25, -0.2) is 17.5 Å². The molecule has 0 spiro atoms. The lowest BCUT2D eigenvalue weighted by atomic mass is 10.2. The molecule has 19 heavy (non-hydrogen) atoms. The zero-order valence-corrected chi connectivity index (χ0v) is 12.3. The van der Waals surface area contributed by atoms with Crippen molar-refractivity contribution in [1.29, 1.82) is 0 Å². The predicted molar refractivity (Wildman–Crippen MR) is 74.6 cm³/mol. The SMILES string of the molecule is Cc1cccc(S(=O)(=O)NCCNC2CC2)c1F.Cl. The molecule has 4 nitrogen and oxygen atoms in total. The van der Waals surface area contributed by atoms with Crippen LogP contribution in [0.2, 0.25) is 0 Å². The summed E-state index contributed by atoms with van der Waals surface area (Å²) in [5.74, 6) is -0.680. The molecule has 0 atom stereocenters. The van der Waals surface area contributed by atoms with E-state index in [0.29, 0.717) is 18.2 Å². The number of hydrogen-bond acceptors (Lipinski definition) is 3. The van der Waals surface area contributed by atoms with E-state index in [0.717, 1.165) is 12.8 Å². The van der Waals surface area contributed by atoms with Crippen LogP contribution in [0.15, 0.2) is 23.1 Å². The molecule has 1 aliphatic rings. The maximum atomic E-state index is 13.7. The molecule has 0 radical (unpaired) electrons. The fourth-order valence-corrected chi connectivity index (χ4v) is 2.84. The molecule has 0 saturated heterocycles. The summed E-state index contributed by atoms with van der Waals surface area (Å²) in [7, 11) is -3.76. The van der Waals surface area contributed by atoms with Crippen molar-refractivity contribution in [2.75, 3.05) is 13.1 Å². The normalized spacial score (nSPS) is 15.1. The monoisotopic (exact) mass is 308 g/mol. The van der Waals surface area contributed by atoms with Gasteiger partial charge in [-0.2, -0.15) is 0 Å². The highest BCUT2D eigenvalue weighted by molar-refractivity contribution is 7.89. The summed E-state index contributed by atoms with van der Waals surface area (Å²) in [5, 5.41) is 3.19. The molecule has 2 rings (SSSR count). The van der Waals surface area contributed by atoms with Crippen molar-refractivity contribution in [1.82, 2.24) is 10.0 Å². The molecule has 2 N–H and O–H groups in total. The van der Waals surface area contributed by atoms with Crippen molar-refractivity contribution in [3.63, 3.8) is 0 Å². The number of halogens is 2. The lowest BCUT2D eigenvalue weighted by molar-refractivity contribution is 0.550. The van der Waals surface area contributed by atoms with Gasteiger partial charge in [0.15, 0.2) is 0 Å². The van der Waals surface area contributed by atoms with Crippen LogP contribution in [0.3, 0.4) is 0 Å². The van der Waals surface area contributed by atoms with Crippen LogP contribution in [0.4, 0.5) is 4.39 Å². The highest BCUT2D eigenvalue weighted by Gasteiger charge is 2.21. The van der Waals surface area contributed by atoms with Gasteiger partial charge in [-0.1, -0.05) is 12.1 Å². The van der Waals surface area contributed by atoms with E-state index in [-0.39, 0.29) is 23.8 Å². The minimum atomic E-state index is -3.76. The standard InChI is InChI=1S/C12H17FN2O2S.ClH/c1-9-3-2-4-11(12(9)13)18(16,17)15-8-7-14-10-5-6-10;/h2-4,10,14-15H,5-8H2,1H3;1H. The minimum absolute atomic E-state index is 0. The molecular weight excluding hydrogens is 291 g/mol. The van der Waals surface area contributed by atoms with Gasteiger partial charge in [0.05, 0.1) is 0 Å². The largest absolute Gasteiger partial charge is 0.313 e. The third kappa shape index (κ3) is 4.42. The average Bonchev–Trinajstić information content (AvgIpc) is 3.12. The summed E-state index contributed by atoms with van der Waals surface area (Å²) in [5.41, 5.74) is 0.328. The second-order valence-electron chi connectivity index (χ2n) is 4.51. The first-order valence-corrected chi connectivity index (χ1v) is 7.47. The van der Waals surface area contributed by atoms with E-state index in [1.165, 1.54) is 12.1 Å². The van der Waals surface area contributed by atoms with Gasteiger partial charge >= 0.3 is 0 Å². The molecule has 7 heteroatoms. The number of sulfonamides is 1. The Balaban J connectivity index is 0.00000180. The number of rotatable bonds is 6. The van der Waals surface area contributed by atoms with Crippen LogP contribution in [-0.2, 0) is 10.0 Å². The van der Waals surface area contributed by atoms with Gasteiger partial charge in [0.2, 0.25) is 10.0 Å². The number of aryl methyl sites for hydroxylation is 1. The van der Waals surface area contributed by atoms with Gasteiger partial charge in [-0.3, -0.25) is 0 Å². The van der Waals surface area contributed by atoms with Crippen LogP contribution in [0.25, 0.3) is 0 Å². The minimum Gasteiger partial charge on any atom is -0.313 e. The number of nitrogens with one attached hydrogen (secondary N) is 2. The molecule has 0 aliphatic heterocycles. The van der Waals surface area contributed by atoms with Gasteiger partial charge in [0, 0.05) is 19.1 Å². The van der Waals surface area contributed by atoms with Crippen molar-refractivity contribution in [3.8, 4) is 0 Å². The summed E-state index contributed by atoms with van der Waals surface area (Å²) >= 11 is 0. The van der Waals surface area contributed by atoms with E-state index in [1.807, 2.05) is 0 Å². The smallest absolute Gasteiger partial charge is 0.243 e. The van der Waals surface area contributed by atoms with Crippen molar-refractivity contribution < 1.29 is 12.8 Å². The quantitative estimate of drug-likeness (QED) is 0.785. The predicted octanol–water partition coefficient (Wildman–Crippen LogP) is 1.59. The van der Waals surface area contributed by atoms with Crippen molar-refractivity contribution >= 4 is 22.4 Å². The van der Waals surface area contributed by atoms with Gasteiger partial charge < -0.3 is 5.32 Å². The molecule has 0 unspecified atom stereocenters. The summed E-state index contributed by atoms with van der Waals surface area (Å²) < 4.78 is 39.9. The van der Waals surface area contributed by atoms with Crippen molar-refractivity contribution in [3.05, 3.63) is 29.6 Å². The maximum Gasteiger partial charge on any atom is 0.243 e. The van der Waals surface area contributed by atoms with E-state index in [9.17, 15) is 12.8 Å². The zero-order valence-electron chi connectivity index (χ0n) is 10.6. The van der Waals surface area contributed by atoms with Crippen molar-refractivity contribution in [2.45, 2.75) is 30.7 Å². The first kappa shape index (κ1) is 16.4. The molecule has 1 aliphatic carbocycles. The first-order valence-electron chi connectivity index (χ1n) is 5.99. The van der Waals surface area contributed by atoms with Crippen LogP contribution >= 0.6 is 12.4 Å². The molecular formula is C12H18ClFN2O2S. The van der Waals surface area contributed by atoms with Gasteiger partial charge in [-0.15, -0.1) is 12.4 Å². The van der Waals surface area contributed by atoms with Crippen LogP contribution in [-0.4, -0.2) is 27.5 Å². The molecule has 0 bridgehead atoms. The van der Waals surface area contributed by atoms with E-state index < -0.39 is 15.8 Å². The second-order valence-corrected chi connectivity index (χ2v) is 6.25. The third-order valence-corrected chi connectivity index (χ3v) is 4.35. The summed E-state index contributed by atoms with van der Waals surface area (Å²) in [6, 6.07) is 4.89. The third-order valence-electron chi connectivity index (χ3n) is 2.87. The molecule has 108 valence electrons. The Kier molecular flexibility index (Phi) is 5.73. The lowest BCUT2D eigenvalue weighted by Gasteiger charge is -2.09. The maximum absolute atomic E-state index is 13.7. The zero-order chi connectivity index (χ0) is 13.2. The Labute approximate surface area is 119 Å². The van der Waals surface area contributed by atoms with Crippen LogP contribution < -0.4 is 10.0 Å². The average molecular weight is 309 g/mol. The Bertz CT molecular complexity index is 533. The van der Waals surface area contributed by atoms with Crippen LogP contribution in [0.5, 0.6) is 0 Å². The first-order chi connectivity index (χ1) is 8.50. The lowest BCUT2D eigenvalue weighted by Crippen LogP contribution is -2.33. The molecule has 1 aromatic rings. The topological polar surface area (TPSA) is 58.2 Å². The Morgan fingerprint density at radius 3 is 2.63 bits per heavy atom. The molecule has 1 saturated carbocycles. The molecule has 0 aromatic heterocycles. The van der Waals surface area contributed by atoms with Gasteiger partial charge in [-0.05, 0) is 31.4 Å². The highest BCUT2D eigenvalue weighted by Crippen LogP contribution is 2.18. The van der Waals surface area contributed by atoms with E-state index >= 15 is 0 Å². The number of benzene rings is 1. The van der Waals surface area contributed by atoms with Gasteiger partial charge in [0.1, 0.15) is 10.7 Å². The summed E-state index contributed by atoms with van der Waals surface area (Å²) in [6.07, 6.45) is 2.30. The Hall–Kier alpha value is -0.690. The summed E-state index contributed by atoms with van der Waals surface area (Å²) in [6.45, 7) is 2.38.